The van der Waals surface area contributed by atoms with Crippen molar-refractivity contribution < 1.29 is 0 Å². The minimum Gasteiger partial charge on any atom is -0.352 e. The van der Waals surface area contributed by atoms with E-state index in [1.807, 2.05) is 49.1 Å². The van der Waals surface area contributed by atoms with E-state index in [1.165, 1.54) is 232 Å². The van der Waals surface area contributed by atoms with E-state index in [1.54, 1.807) is 0 Å². The summed E-state index contributed by atoms with van der Waals surface area (Å²) in [7, 11) is 13.2. The maximum absolute atomic E-state index is 9.21. The topological polar surface area (TPSA) is 112 Å². The van der Waals surface area contributed by atoms with Gasteiger partial charge in [-0.05, 0) is 318 Å². The van der Waals surface area contributed by atoms with Crippen LogP contribution in [0.5, 0.6) is 0 Å². The molecule has 0 radical (unpaired) electrons. The normalized spacial score (nSPS) is 18.9. The Balaban J connectivity index is 0.0000000823. The first-order valence-electron chi connectivity index (χ1n) is 48.9. The van der Waals surface area contributed by atoms with E-state index in [4.69, 9.17) is 5.26 Å². The lowest BCUT2D eigenvalue weighted by atomic mass is 10.0. The monoisotopic (exact) mass is 1800 g/mol. The van der Waals surface area contributed by atoms with Crippen molar-refractivity contribution >= 4 is 203 Å². The highest BCUT2D eigenvalue weighted by atomic mass is 15.5. The molecule has 6 atom stereocenters. The Morgan fingerprint density at radius 1 is 0.209 bits per heavy atom. The van der Waals surface area contributed by atoms with E-state index < -0.39 is 0 Å². The molecule has 3 aliphatic carbocycles. The second-order valence-corrected chi connectivity index (χ2v) is 39.7. The van der Waals surface area contributed by atoms with Crippen molar-refractivity contribution in [3.05, 3.63) is 380 Å². The molecule has 33 rings (SSSR count). The summed E-state index contributed by atoms with van der Waals surface area (Å²) < 4.78 is 0. The van der Waals surface area contributed by atoms with Crippen LogP contribution in [0.2, 0.25) is 0 Å². The third-order valence-electron chi connectivity index (χ3n) is 32.4. The van der Waals surface area contributed by atoms with Crippen LogP contribution in [0, 0.1) is 22.7 Å². The SMILES string of the molecule is CN1c2cc3c(cc2N2c4ccc(C#N)cc4CC12)=CCC=3.CN1c2cc3c(cc2N2c4ccccc4CC12)=CCC=3.CN1c2cc3c(cc2N2c4ccncc4CC12)=CCC=3.CN1c2cc3cc4ccccc4cc3cc2N2c3ccc(C#N)cc3CC12.CN1c2cc3cc4ccccc4cc3cc2N2c3ccccc3CC12.CN1c2cc3cc4ccccc4cc3cc2N2c3ccncc3CC12. The number of benzene rings is 16. The lowest BCUT2D eigenvalue weighted by Crippen LogP contribution is -2.36. The molecule has 16 heteroatoms. The molecular formula is C123H98N16. The van der Waals surface area contributed by atoms with Crippen molar-refractivity contribution in [2.24, 2.45) is 0 Å². The van der Waals surface area contributed by atoms with Gasteiger partial charge < -0.3 is 58.8 Å². The Morgan fingerprint density at radius 2 is 0.432 bits per heavy atom. The molecule has 14 heterocycles. The molecule has 16 aromatic carbocycles. The van der Waals surface area contributed by atoms with E-state index in [2.05, 4.69) is 414 Å². The van der Waals surface area contributed by atoms with Crippen molar-refractivity contribution in [1.29, 1.82) is 10.5 Å². The number of nitrogens with zero attached hydrogens (tertiary/aromatic N) is 16. The smallest absolute Gasteiger partial charge is 0.110 e. The number of aromatic nitrogens is 2. The van der Waals surface area contributed by atoms with Crippen LogP contribution < -0.4 is 90.1 Å². The highest BCUT2D eigenvalue weighted by Gasteiger charge is 2.48. The Hall–Kier alpha value is -16.8. The Morgan fingerprint density at radius 3 is 0.719 bits per heavy atom. The first-order chi connectivity index (χ1) is 68.2. The second-order valence-electron chi connectivity index (χ2n) is 39.7. The third-order valence-corrected chi connectivity index (χ3v) is 32.4. The largest absolute Gasteiger partial charge is 0.352 e. The first-order valence-corrected chi connectivity index (χ1v) is 48.9. The molecule has 0 N–H and O–H groups in total. The summed E-state index contributed by atoms with van der Waals surface area (Å²) in [5, 5.41) is 42.1. The minimum atomic E-state index is 0.287. The molecule has 0 bridgehead atoms. The number of para-hydroxylation sites is 2. The van der Waals surface area contributed by atoms with Gasteiger partial charge in [0.2, 0.25) is 0 Å². The van der Waals surface area contributed by atoms with Gasteiger partial charge in [0.05, 0.1) is 91.5 Å². The molecule has 0 amide bonds. The van der Waals surface area contributed by atoms with Gasteiger partial charge in [0.25, 0.3) is 0 Å². The molecule has 139 heavy (non-hydrogen) atoms. The molecule has 16 nitrogen and oxygen atoms in total. The van der Waals surface area contributed by atoms with E-state index in [9.17, 15) is 5.26 Å². The molecule has 6 unspecified atom stereocenters. The van der Waals surface area contributed by atoms with Gasteiger partial charge in [-0.3, -0.25) is 9.97 Å². The molecule has 0 saturated carbocycles. The average Bonchev–Trinajstić information content (AvgIpc) is 1.58. The van der Waals surface area contributed by atoms with Gasteiger partial charge in [-0.25, -0.2) is 0 Å². The number of hydrogen-bond acceptors (Lipinski definition) is 16. The summed E-state index contributed by atoms with van der Waals surface area (Å²) >= 11 is 0. The van der Waals surface area contributed by atoms with Crippen LogP contribution in [0.1, 0.15) is 63.8 Å². The van der Waals surface area contributed by atoms with Gasteiger partial charge in [0.1, 0.15) is 37.0 Å². The van der Waals surface area contributed by atoms with Gasteiger partial charge >= 0.3 is 0 Å². The van der Waals surface area contributed by atoms with E-state index in [0.29, 0.717) is 30.8 Å². The van der Waals surface area contributed by atoms with Crippen molar-refractivity contribution in [3.63, 3.8) is 0 Å². The van der Waals surface area contributed by atoms with Gasteiger partial charge in [-0.2, -0.15) is 10.5 Å². The molecule has 12 aliphatic heterocycles. The quantitative estimate of drug-likeness (QED) is 0.134. The summed E-state index contributed by atoms with van der Waals surface area (Å²) in [4.78, 5) is 37.8. The van der Waals surface area contributed by atoms with Crippen LogP contribution in [-0.2, 0) is 38.5 Å². The van der Waals surface area contributed by atoms with Gasteiger partial charge in [-0.1, -0.05) is 146 Å². The molecule has 0 saturated heterocycles. The fraction of sp³-hybridized carbons (Fsp3) is 0.171. The Bertz CT molecular complexity index is 8630. The summed E-state index contributed by atoms with van der Waals surface area (Å²) in [6.07, 6.45) is 33.2. The van der Waals surface area contributed by atoms with Gasteiger partial charge in [0, 0.05) is 140 Å². The highest BCUT2D eigenvalue weighted by Crippen LogP contribution is 2.57. The van der Waals surface area contributed by atoms with Crippen molar-refractivity contribution in [1.82, 2.24) is 9.97 Å². The second kappa shape index (κ2) is 30.9. The average molecular weight is 1800 g/mol. The predicted molar refractivity (Wildman–Crippen MR) is 574 cm³/mol. The lowest BCUT2D eigenvalue weighted by Gasteiger charge is -2.23. The summed E-state index contributed by atoms with van der Waals surface area (Å²) in [5.41, 5.74) is 33.3. The summed E-state index contributed by atoms with van der Waals surface area (Å²) in [6.45, 7) is 0. The number of hydrogen-bond donors (Lipinski definition) is 0. The zero-order valence-corrected chi connectivity index (χ0v) is 78.3. The minimum absolute atomic E-state index is 0.287. The first kappa shape index (κ1) is 80.6. The molecular weight excluding hydrogens is 1700 g/mol. The number of rotatable bonds is 0. The molecule has 670 valence electrons. The Labute approximate surface area is 806 Å². The molecule has 15 aliphatic rings. The maximum Gasteiger partial charge on any atom is 0.110 e. The lowest BCUT2D eigenvalue weighted by molar-refractivity contribution is 0.703. The number of pyridine rings is 2. The van der Waals surface area contributed by atoms with E-state index in [-0.39, 0.29) is 6.17 Å². The zero-order chi connectivity index (χ0) is 92.6. The summed E-state index contributed by atoms with van der Waals surface area (Å²) in [5.74, 6) is 0. The Kier molecular flexibility index (Phi) is 17.9. The number of anilines is 18. The third kappa shape index (κ3) is 12.4. The van der Waals surface area contributed by atoms with Crippen LogP contribution >= 0.6 is 0 Å². The molecule has 2 aromatic heterocycles. The molecule has 0 fully saturated rings. The van der Waals surface area contributed by atoms with Crippen molar-refractivity contribution in [2.45, 2.75) is 94.8 Å². The van der Waals surface area contributed by atoms with Gasteiger partial charge in [-0.15, -0.1) is 0 Å². The van der Waals surface area contributed by atoms with Crippen LogP contribution in [0.4, 0.5) is 102 Å². The number of likely N-dealkylation sites (N-methyl/N-ethyl adjacent to an activating group) is 6. The molecule has 0 spiro atoms. The summed E-state index contributed by atoms with van der Waals surface area (Å²) in [6, 6.07) is 106. The van der Waals surface area contributed by atoms with E-state index >= 15 is 0 Å². The van der Waals surface area contributed by atoms with E-state index in [0.717, 1.165) is 68.9 Å². The van der Waals surface area contributed by atoms with Crippen LogP contribution in [0.25, 0.3) is 101 Å². The standard InChI is InChI=1S/C24H17N3.C23H18N2.C22H17N3.C19H15N3.C18H16N2.C17H15N3/c1-26-22-11-18-9-16-4-2-3-5-17(16)10-19(18)12-23(22)27-21-7-6-15(14-25)8-20(21)13-24(26)27;1-24-21-12-18-10-15-6-2-3-7-16(15)11-19(18)13-22(21)25-20-9-5-4-8-17(20)14-23(24)25;1-24-20-10-16-8-14-4-2-3-5-15(14)9-17(16)11-21(20)25-19-6-7-23-13-18(19)12-22(24)25;1-21-17-8-13-3-2-4-14(13)9-18(17)22-16-6-5-12(11-20)7-15(16)10-19(21)22;1-19-16-9-12-6-4-7-13(12)10-17(16)20-15-8-3-2-5-14(15)11-18(19)20;1-19-15-7-11-3-2-4-12(11)8-16(15)20-14-5-6-18-10-13(14)9-17(19)20/h2-12,24H,13H2,1H3;2-13,23H,14H2,1H3;2-11,13,22H,12H2,1H3;3-9,19H,2,10H2,1H3;2-3,5-10,18H,4,11H2,1H3;3-8,10,17H,2,9H2,1H3. The number of fused-ring (bicyclic) bond motifs is 39. The fourth-order valence-corrected chi connectivity index (χ4v) is 25.4. The zero-order valence-electron chi connectivity index (χ0n) is 78.3. The predicted octanol–water partition coefficient (Wildman–Crippen LogP) is 21.3. The van der Waals surface area contributed by atoms with Crippen molar-refractivity contribution in [3.8, 4) is 12.1 Å². The van der Waals surface area contributed by atoms with Gasteiger partial charge in [0.15, 0.2) is 0 Å². The van der Waals surface area contributed by atoms with Crippen molar-refractivity contribution in [2.75, 3.05) is 101 Å². The number of nitriles is 2. The van der Waals surface area contributed by atoms with Crippen LogP contribution in [0.15, 0.2) is 304 Å². The molecule has 18 aromatic rings. The fourth-order valence-electron chi connectivity index (χ4n) is 25.4. The van der Waals surface area contributed by atoms with Crippen LogP contribution in [-0.4, -0.2) is 89.2 Å². The highest BCUT2D eigenvalue weighted by molar-refractivity contribution is 6.08. The maximum atomic E-state index is 9.21. The van der Waals surface area contributed by atoms with Crippen LogP contribution in [0.3, 0.4) is 0 Å².